The maximum absolute atomic E-state index is 3.96. The zero-order chi connectivity index (χ0) is 52.5. The molecule has 0 saturated heterocycles. The third kappa shape index (κ3) is 6.91. The second-order valence-electron chi connectivity index (χ2n) is 20.5. The number of hydrogen-bond donors (Lipinski definition) is 0. The molecule has 0 N–H and O–H groups in total. The average molecular weight is 1000 g/mol. The zero-order valence-corrected chi connectivity index (χ0v) is 44.2. The highest BCUT2D eigenvalue weighted by Gasteiger charge is 2.52. The van der Waals surface area contributed by atoms with Crippen LogP contribution in [0, 0.1) is 0 Å². The van der Waals surface area contributed by atoms with Crippen molar-refractivity contribution in [1.82, 2.24) is 9.13 Å². The van der Waals surface area contributed by atoms with Crippen molar-refractivity contribution >= 4 is 71.9 Å². The van der Waals surface area contributed by atoms with Crippen molar-refractivity contribution in [2.75, 3.05) is 4.90 Å². The van der Waals surface area contributed by atoms with Gasteiger partial charge in [0.1, 0.15) is 0 Å². The molecule has 0 saturated carbocycles. The highest BCUT2D eigenvalue weighted by Crippen LogP contribution is 2.64. The predicted molar refractivity (Wildman–Crippen MR) is 332 cm³/mol. The number of fused-ring (bicyclic) bond motifs is 13. The summed E-state index contributed by atoms with van der Waals surface area (Å²) in [4.78, 5) is 2.49. The normalized spacial score (nSPS) is 14.9. The fourth-order valence-corrected chi connectivity index (χ4v) is 13.5. The molecule has 1 unspecified atom stereocenters. The molecule has 0 fully saturated rings. The van der Waals surface area contributed by atoms with E-state index in [0.717, 1.165) is 46.0 Å². The first-order valence-electron chi connectivity index (χ1n) is 27.3. The van der Waals surface area contributed by atoms with E-state index >= 15 is 0 Å². The molecular weight excluding hydrogens is 943 g/mol. The molecule has 14 rings (SSSR count). The van der Waals surface area contributed by atoms with Gasteiger partial charge in [0, 0.05) is 49.9 Å². The summed E-state index contributed by atoms with van der Waals surface area (Å²) in [7, 11) is 0. The number of rotatable bonds is 11. The molecule has 2 aliphatic carbocycles. The first-order valence-corrected chi connectivity index (χ1v) is 27.3. The molecule has 1 atom stereocenters. The van der Waals surface area contributed by atoms with Gasteiger partial charge in [0.05, 0.1) is 33.2 Å². The minimum Gasteiger partial charge on any atom is -0.310 e. The second kappa shape index (κ2) is 18.8. The van der Waals surface area contributed by atoms with Crippen LogP contribution >= 0.6 is 0 Å². The van der Waals surface area contributed by atoms with Gasteiger partial charge in [-0.25, -0.2) is 0 Å². The molecule has 3 nitrogen and oxygen atoms in total. The van der Waals surface area contributed by atoms with Gasteiger partial charge in [-0.3, -0.25) is 0 Å². The number of hydrogen-bond acceptors (Lipinski definition) is 1. The van der Waals surface area contributed by atoms with Crippen LogP contribution in [0.2, 0.25) is 0 Å². The van der Waals surface area contributed by atoms with Gasteiger partial charge >= 0.3 is 0 Å². The molecule has 2 aliphatic rings. The van der Waals surface area contributed by atoms with E-state index in [1.54, 1.807) is 0 Å². The van der Waals surface area contributed by atoms with Crippen molar-refractivity contribution in [2.24, 2.45) is 0 Å². The maximum atomic E-state index is 3.96. The minimum atomic E-state index is -0.465. The molecule has 2 aromatic heterocycles. The van der Waals surface area contributed by atoms with Gasteiger partial charge < -0.3 is 14.0 Å². The molecule has 10 aromatic carbocycles. The minimum absolute atomic E-state index is 0.465. The van der Waals surface area contributed by atoms with E-state index < -0.39 is 5.41 Å². The monoisotopic (exact) mass is 999 g/mol. The topological polar surface area (TPSA) is 13.1 Å². The predicted octanol–water partition coefficient (Wildman–Crippen LogP) is 20.4. The van der Waals surface area contributed by atoms with Gasteiger partial charge in [-0.15, -0.1) is 0 Å². The van der Waals surface area contributed by atoms with Gasteiger partial charge in [-0.05, 0) is 154 Å². The van der Waals surface area contributed by atoms with E-state index in [0.29, 0.717) is 0 Å². The van der Waals surface area contributed by atoms with Crippen molar-refractivity contribution in [3.63, 3.8) is 0 Å². The summed E-state index contributed by atoms with van der Waals surface area (Å²) in [5, 5.41) is 4.99. The van der Waals surface area contributed by atoms with Gasteiger partial charge in [0.25, 0.3) is 0 Å². The third-order valence-electron chi connectivity index (χ3n) is 16.6. The second-order valence-corrected chi connectivity index (χ2v) is 20.5. The Bertz CT molecular complexity index is 4440. The van der Waals surface area contributed by atoms with Crippen molar-refractivity contribution in [1.29, 1.82) is 0 Å². The van der Waals surface area contributed by atoms with Crippen LogP contribution in [0.25, 0.3) is 93.9 Å². The fraction of sp³-hybridized carbons (Fsp3) is 0.0667. The molecule has 0 radical (unpaired) electrons. The maximum Gasteiger partial charge on any atom is 0.0722 e. The third-order valence-corrected chi connectivity index (χ3v) is 16.6. The first kappa shape index (κ1) is 46.8. The number of allylic oxidation sites excluding steroid dienone is 9. The van der Waals surface area contributed by atoms with Crippen LogP contribution in [0.5, 0.6) is 0 Å². The van der Waals surface area contributed by atoms with E-state index in [1.165, 1.54) is 99.3 Å². The van der Waals surface area contributed by atoms with E-state index in [1.807, 2.05) is 12.2 Å². The Labute approximate surface area is 456 Å². The molecule has 0 aliphatic heterocycles. The number of anilines is 3. The van der Waals surface area contributed by atoms with Crippen LogP contribution in [0.4, 0.5) is 17.1 Å². The van der Waals surface area contributed by atoms with E-state index in [-0.39, 0.29) is 0 Å². The number of aromatic nitrogens is 2. The van der Waals surface area contributed by atoms with Crippen LogP contribution in [0.3, 0.4) is 0 Å². The number of para-hydroxylation sites is 3. The van der Waals surface area contributed by atoms with Gasteiger partial charge in [0.2, 0.25) is 0 Å². The average Bonchev–Trinajstić information content (AvgIpc) is 2.60. The van der Waals surface area contributed by atoms with Crippen LogP contribution in [0.1, 0.15) is 49.4 Å². The Kier molecular flexibility index (Phi) is 11.3. The highest BCUT2D eigenvalue weighted by atomic mass is 15.1. The fourth-order valence-electron chi connectivity index (χ4n) is 13.5. The lowest BCUT2D eigenvalue weighted by Crippen LogP contribution is -2.27. The molecule has 0 bridgehead atoms. The quantitative estimate of drug-likeness (QED) is 0.118. The van der Waals surface area contributed by atoms with E-state index in [2.05, 4.69) is 296 Å². The largest absolute Gasteiger partial charge is 0.310 e. The summed E-state index contributed by atoms with van der Waals surface area (Å²) in [5.74, 6) is 0. The van der Waals surface area contributed by atoms with Crippen LogP contribution in [-0.4, -0.2) is 9.13 Å². The van der Waals surface area contributed by atoms with Gasteiger partial charge in [-0.1, -0.05) is 208 Å². The zero-order valence-electron chi connectivity index (χ0n) is 44.2. The Balaban J connectivity index is 0.930. The Morgan fingerprint density at radius 2 is 1.03 bits per heavy atom. The number of benzene rings is 10. The standard InChI is InChI=1S/C75H57N3/c1-5-9-23-53(7-3)77-70-35-19-14-28-63(70)73-58(29-20-36-71(73)77)52-42-48-55(49-43-52)76(54-44-38-50(39-45-54)51-40-46-56(47-41-51)78-68-33-17-12-25-60(68)61-26-13-18-34-69(61)78)72-37-21-32-67-74(72)62-27-11-16-31-66(62)75(67)64(22-6-2)57(8-4)59-24-10-15-30-65(59)75/h5-7,9-49H,1,8H2,2-4H3/b22-6-,23-9-,53-7+. The molecular formula is C75H57N3. The van der Waals surface area contributed by atoms with Crippen LogP contribution in [-0.2, 0) is 5.41 Å². The van der Waals surface area contributed by atoms with E-state index in [4.69, 9.17) is 0 Å². The molecule has 372 valence electrons. The molecule has 1 spiro atoms. The molecule has 78 heavy (non-hydrogen) atoms. The summed E-state index contributed by atoms with van der Waals surface area (Å²) >= 11 is 0. The Morgan fingerprint density at radius 3 is 1.67 bits per heavy atom. The summed E-state index contributed by atoms with van der Waals surface area (Å²) in [6, 6.07) is 85.7. The van der Waals surface area contributed by atoms with Crippen LogP contribution in [0.15, 0.2) is 279 Å². The summed E-state index contributed by atoms with van der Waals surface area (Å²) in [6.45, 7) is 10.5. The summed E-state index contributed by atoms with van der Waals surface area (Å²) in [6.07, 6.45) is 13.7. The van der Waals surface area contributed by atoms with Crippen molar-refractivity contribution in [3.8, 4) is 39.1 Å². The van der Waals surface area contributed by atoms with Crippen LogP contribution < -0.4 is 4.90 Å². The summed E-state index contributed by atoms with van der Waals surface area (Å²) < 4.78 is 4.76. The Morgan fingerprint density at radius 1 is 0.500 bits per heavy atom. The lowest BCUT2D eigenvalue weighted by molar-refractivity contribution is 0.785. The molecule has 0 amide bonds. The highest BCUT2D eigenvalue weighted by molar-refractivity contribution is 6.17. The van der Waals surface area contributed by atoms with E-state index in [9.17, 15) is 0 Å². The number of nitrogens with zero attached hydrogens (tertiary/aromatic N) is 3. The smallest absolute Gasteiger partial charge is 0.0722 e. The summed E-state index contributed by atoms with van der Waals surface area (Å²) in [5.41, 5.74) is 25.2. The van der Waals surface area contributed by atoms with Crippen molar-refractivity contribution in [3.05, 3.63) is 301 Å². The molecule has 12 aromatic rings. The Hall–Kier alpha value is -9.70. The molecule has 3 heteroatoms. The molecule has 2 heterocycles. The SMILES string of the molecule is C=C/C=C\C(=C/C)n1c2ccccc2c2c(-c3ccc(N(c4ccc(-c5ccc(-n6c7ccccc7c7ccccc76)cc5)cc4)c4cccc5c4-c4ccccc4C54C(/C=C\C)=C(CC)c5ccccc54)cc3)cccc21. The van der Waals surface area contributed by atoms with Crippen molar-refractivity contribution in [2.45, 2.75) is 32.6 Å². The van der Waals surface area contributed by atoms with Crippen molar-refractivity contribution < 1.29 is 0 Å². The lowest BCUT2D eigenvalue weighted by Gasteiger charge is -2.32. The first-order chi connectivity index (χ1) is 38.6. The lowest BCUT2D eigenvalue weighted by atomic mass is 9.69. The van der Waals surface area contributed by atoms with Gasteiger partial charge in [0.15, 0.2) is 0 Å². The van der Waals surface area contributed by atoms with Gasteiger partial charge in [-0.2, -0.15) is 0 Å².